The van der Waals surface area contributed by atoms with E-state index >= 15 is 0 Å². The molecule has 0 atom stereocenters. The Morgan fingerprint density at radius 3 is 2.70 bits per heavy atom. The highest BCUT2D eigenvalue weighted by Gasteiger charge is 2.16. The first kappa shape index (κ1) is 19.6. The second kappa shape index (κ2) is 10.3. The van der Waals surface area contributed by atoms with Crippen LogP contribution >= 0.6 is 11.6 Å². The molecule has 0 radical (unpaired) electrons. The van der Waals surface area contributed by atoms with E-state index in [-0.39, 0.29) is 5.91 Å². The van der Waals surface area contributed by atoms with E-state index in [2.05, 4.69) is 19.2 Å². The average molecular weight is 343 g/mol. The van der Waals surface area contributed by atoms with Crippen molar-refractivity contribution in [2.75, 3.05) is 26.8 Å². The van der Waals surface area contributed by atoms with E-state index in [1.165, 1.54) is 7.11 Å². The molecule has 1 amide bonds. The number of ether oxygens (including phenoxy) is 2. The lowest BCUT2D eigenvalue weighted by atomic mass is 10.1. The molecule has 5 nitrogen and oxygen atoms in total. The normalized spacial score (nSPS) is 10.7. The topological polar surface area (TPSA) is 73.6 Å². The van der Waals surface area contributed by atoms with E-state index in [9.17, 15) is 4.79 Å². The monoisotopic (exact) mass is 342 g/mol. The van der Waals surface area contributed by atoms with E-state index in [0.29, 0.717) is 47.7 Å². The van der Waals surface area contributed by atoms with Crippen LogP contribution < -0.4 is 20.5 Å². The first-order valence-corrected chi connectivity index (χ1v) is 8.36. The highest BCUT2D eigenvalue weighted by molar-refractivity contribution is 6.32. The number of amides is 1. The predicted molar refractivity (Wildman–Crippen MR) is 93.6 cm³/mol. The summed E-state index contributed by atoms with van der Waals surface area (Å²) in [6, 6.07) is 3.25. The third-order valence-electron chi connectivity index (χ3n) is 3.35. The molecule has 6 heteroatoms. The van der Waals surface area contributed by atoms with E-state index in [0.717, 1.165) is 19.3 Å². The van der Waals surface area contributed by atoms with E-state index < -0.39 is 0 Å². The highest BCUT2D eigenvalue weighted by Crippen LogP contribution is 2.36. The van der Waals surface area contributed by atoms with Gasteiger partial charge in [0.25, 0.3) is 5.91 Å². The highest BCUT2D eigenvalue weighted by atomic mass is 35.5. The zero-order chi connectivity index (χ0) is 17.2. The summed E-state index contributed by atoms with van der Waals surface area (Å²) in [7, 11) is 1.53. The Hall–Kier alpha value is -1.46. The third kappa shape index (κ3) is 6.67. The van der Waals surface area contributed by atoms with Crippen LogP contribution in [-0.2, 0) is 0 Å². The number of benzene rings is 1. The Labute approximate surface area is 143 Å². The van der Waals surface area contributed by atoms with Gasteiger partial charge in [-0.05, 0) is 43.9 Å². The lowest BCUT2D eigenvalue weighted by molar-refractivity contribution is 0.0952. The molecule has 0 heterocycles. The second-order valence-electron chi connectivity index (χ2n) is 5.77. The van der Waals surface area contributed by atoms with Gasteiger partial charge in [0.15, 0.2) is 11.5 Å². The Morgan fingerprint density at radius 1 is 1.35 bits per heavy atom. The summed E-state index contributed by atoms with van der Waals surface area (Å²) in [5.41, 5.74) is 5.88. The molecule has 0 aliphatic carbocycles. The summed E-state index contributed by atoms with van der Waals surface area (Å²) in [6.07, 6.45) is 2.65. The maximum absolute atomic E-state index is 12.1. The molecule has 1 rings (SSSR count). The van der Waals surface area contributed by atoms with Crippen LogP contribution in [0.5, 0.6) is 11.5 Å². The van der Waals surface area contributed by atoms with Crippen LogP contribution in [0.25, 0.3) is 0 Å². The standard InChI is InChI=1S/C17H27ClN2O3/c1-12(2)6-9-23-16-14(18)10-13(11-15(16)22-3)17(21)20-8-5-4-7-19/h10-12H,4-9,19H2,1-3H3,(H,20,21). The van der Waals surface area contributed by atoms with Crippen LogP contribution in [-0.4, -0.2) is 32.7 Å². The maximum atomic E-state index is 12.1. The third-order valence-corrected chi connectivity index (χ3v) is 3.63. The summed E-state index contributed by atoms with van der Waals surface area (Å²) in [4.78, 5) is 12.1. The van der Waals surface area contributed by atoms with Crippen LogP contribution in [0.3, 0.4) is 0 Å². The van der Waals surface area contributed by atoms with E-state index in [1.54, 1.807) is 12.1 Å². The summed E-state index contributed by atoms with van der Waals surface area (Å²) in [5.74, 6) is 1.30. The van der Waals surface area contributed by atoms with Crippen molar-refractivity contribution in [3.05, 3.63) is 22.7 Å². The molecular formula is C17H27ClN2O3. The fourth-order valence-electron chi connectivity index (χ4n) is 1.96. The zero-order valence-corrected chi connectivity index (χ0v) is 14.9. The molecule has 1 aromatic rings. The Balaban J connectivity index is 2.76. The largest absolute Gasteiger partial charge is 0.493 e. The molecule has 0 saturated carbocycles. The zero-order valence-electron chi connectivity index (χ0n) is 14.2. The predicted octanol–water partition coefficient (Wildman–Crippen LogP) is 3.24. The van der Waals surface area contributed by atoms with Gasteiger partial charge in [-0.3, -0.25) is 4.79 Å². The Kier molecular flexibility index (Phi) is 8.81. The maximum Gasteiger partial charge on any atom is 0.251 e. The van der Waals surface area contributed by atoms with Crippen LogP contribution in [0.15, 0.2) is 12.1 Å². The molecule has 130 valence electrons. The van der Waals surface area contributed by atoms with E-state index in [4.69, 9.17) is 26.8 Å². The van der Waals surface area contributed by atoms with Gasteiger partial charge in [0.2, 0.25) is 0 Å². The number of hydrogen-bond donors (Lipinski definition) is 2. The molecular weight excluding hydrogens is 316 g/mol. The second-order valence-corrected chi connectivity index (χ2v) is 6.18. The number of hydrogen-bond acceptors (Lipinski definition) is 4. The van der Waals surface area contributed by atoms with E-state index in [1.807, 2.05) is 0 Å². The van der Waals surface area contributed by atoms with Gasteiger partial charge < -0.3 is 20.5 Å². The molecule has 23 heavy (non-hydrogen) atoms. The lowest BCUT2D eigenvalue weighted by Crippen LogP contribution is -2.25. The number of nitrogens with one attached hydrogen (secondary N) is 1. The van der Waals surface area contributed by atoms with Gasteiger partial charge in [-0.1, -0.05) is 25.4 Å². The van der Waals surface area contributed by atoms with Gasteiger partial charge in [0, 0.05) is 12.1 Å². The molecule has 0 bridgehead atoms. The molecule has 0 unspecified atom stereocenters. The molecule has 0 fully saturated rings. The SMILES string of the molecule is COc1cc(C(=O)NCCCCN)cc(Cl)c1OCCC(C)C. The molecule has 0 aliphatic heterocycles. The number of nitrogens with two attached hydrogens (primary N) is 1. The molecule has 1 aromatic carbocycles. The average Bonchev–Trinajstić information content (AvgIpc) is 2.52. The van der Waals surface area contributed by atoms with Crippen LogP contribution in [0.2, 0.25) is 5.02 Å². The van der Waals surface area contributed by atoms with Gasteiger partial charge in [-0.25, -0.2) is 0 Å². The van der Waals surface area contributed by atoms with Crippen molar-refractivity contribution < 1.29 is 14.3 Å². The summed E-state index contributed by atoms with van der Waals surface area (Å²) in [6.45, 7) is 6.01. The van der Waals surface area contributed by atoms with Crippen molar-refractivity contribution in [3.63, 3.8) is 0 Å². The number of carbonyl (C=O) groups excluding carboxylic acids is 1. The van der Waals surface area contributed by atoms with Gasteiger partial charge in [0.1, 0.15) is 0 Å². The fraction of sp³-hybridized carbons (Fsp3) is 0.588. The van der Waals surface area contributed by atoms with Gasteiger partial charge in [0.05, 0.1) is 18.7 Å². The van der Waals surface area contributed by atoms with Crippen LogP contribution in [0, 0.1) is 5.92 Å². The number of halogens is 1. The van der Waals surface area contributed by atoms with Crippen molar-refractivity contribution in [3.8, 4) is 11.5 Å². The first-order chi connectivity index (χ1) is 11.0. The van der Waals surface area contributed by atoms with Crippen molar-refractivity contribution in [2.24, 2.45) is 11.7 Å². The number of carbonyl (C=O) groups is 1. The molecule has 0 saturated heterocycles. The summed E-state index contributed by atoms with van der Waals surface area (Å²) >= 11 is 6.25. The van der Waals surface area contributed by atoms with Crippen molar-refractivity contribution in [1.29, 1.82) is 0 Å². The molecule has 0 aromatic heterocycles. The van der Waals surface area contributed by atoms with Crippen LogP contribution in [0.4, 0.5) is 0 Å². The Morgan fingerprint density at radius 2 is 2.09 bits per heavy atom. The molecule has 0 spiro atoms. The first-order valence-electron chi connectivity index (χ1n) is 7.98. The Bertz CT molecular complexity index is 507. The fourth-order valence-corrected chi connectivity index (χ4v) is 2.23. The van der Waals surface area contributed by atoms with Crippen molar-refractivity contribution >= 4 is 17.5 Å². The summed E-state index contributed by atoms with van der Waals surface area (Å²) in [5, 5.41) is 3.22. The van der Waals surface area contributed by atoms with Crippen molar-refractivity contribution in [1.82, 2.24) is 5.32 Å². The number of rotatable bonds is 10. The minimum atomic E-state index is -0.184. The minimum absolute atomic E-state index is 0.184. The smallest absolute Gasteiger partial charge is 0.251 e. The van der Waals surface area contributed by atoms with Gasteiger partial charge in [-0.2, -0.15) is 0 Å². The quantitative estimate of drug-likeness (QED) is 0.640. The number of unbranched alkanes of at least 4 members (excludes halogenated alkanes) is 1. The lowest BCUT2D eigenvalue weighted by Gasteiger charge is -2.15. The summed E-state index contributed by atoms with van der Waals surface area (Å²) < 4.78 is 11.0. The molecule has 0 aliphatic rings. The van der Waals surface area contributed by atoms with Crippen LogP contribution in [0.1, 0.15) is 43.5 Å². The van der Waals surface area contributed by atoms with Gasteiger partial charge >= 0.3 is 0 Å². The van der Waals surface area contributed by atoms with Gasteiger partial charge in [-0.15, -0.1) is 0 Å². The number of methoxy groups -OCH3 is 1. The molecule has 3 N–H and O–H groups in total. The minimum Gasteiger partial charge on any atom is -0.493 e. The van der Waals surface area contributed by atoms with Crippen molar-refractivity contribution in [2.45, 2.75) is 33.1 Å².